The summed E-state index contributed by atoms with van der Waals surface area (Å²) in [6, 6.07) is 16.7. The summed E-state index contributed by atoms with van der Waals surface area (Å²) in [6.45, 7) is 5.75. The Hall–Kier alpha value is -2.24. The number of hydrogen-bond acceptors (Lipinski definition) is 3. The smallest absolute Gasteiger partial charge is 0.217 e. The number of nitrogens with zero attached hydrogens (tertiary/aromatic N) is 3. The maximum Gasteiger partial charge on any atom is 0.217 e. The predicted octanol–water partition coefficient (Wildman–Crippen LogP) is 4.31. The molecule has 1 heterocycles. The van der Waals surface area contributed by atoms with E-state index in [4.69, 9.17) is 12.2 Å². The van der Waals surface area contributed by atoms with Crippen LogP contribution < -0.4 is 0 Å². The Kier molecular flexibility index (Phi) is 4.92. The van der Waals surface area contributed by atoms with Gasteiger partial charge in [0.25, 0.3) is 0 Å². The number of aromatic amines is 1. The second-order valence-corrected chi connectivity index (χ2v) is 6.60. The van der Waals surface area contributed by atoms with Gasteiger partial charge in [-0.05, 0) is 44.2 Å². The third kappa shape index (κ3) is 3.80. The molecule has 1 aromatic heterocycles. The molecule has 0 spiro atoms. The Labute approximate surface area is 147 Å². The van der Waals surface area contributed by atoms with Crippen LogP contribution in [0, 0.1) is 18.6 Å². The summed E-state index contributed by atoms with van der Waals surface area (Å²) < 4.78 is 2.48. The Morgan fingerprint density at radius 1 is 1.08 bits per heavy atom. The van der Waals surface area contributed by atoms with Crippen LogP contribution in [0.3, 0.4) is 0 Å². The summed E-state index contributed by atoms with van der Waals surface area (Å²) in [5.41, 5.74) is 4.91. The number of aromatic nitrogens is 3. The minimum atomic E-state index is 0.571. The van der Waals surface area contributed by atoms with Crippen LogP contribution in [0.15, 0.2) is 48.5 Å². The molecule has 4 nitrogen and oxygen atoms in total. The van der Waals surface area contributed by atoms with Crippen LogP contribution >= 0.6 is 12.2 Å². The zero-order chi connectivity index (χ0) is 17.1. The zero-order valence-electron chi connectivity index (χ0n) is 14.3. The molecule has 0 aliphatic carbocycles. The molecule has 2 aromatic carbocycles. The Morgan fingerprint density at radius 3 is 2.50 bits per heavy atom. The number of benzene rings is 2. The van der Waals surface area contributed by atoms with E-state index in [0.717, 1.165) is 17.9 Å². The van der Waals surface area contributed by atoms with E-state index in [-0.39, 0.29) is 0 Å². The standard InChI is InChI=1S/C19H22N4S/c1-14-8-10-16(11-9-14)18-20-19(24)23(21-18)13-22(3)12-17-7-5-4-6-15(17)2/h4-11H,12-13H2,1-3H3,(H,20,21,24). The van der Waals surface area contributed by atoms with Crippen molar-refractivity contribution in [2.75, 3.05) is 7.05 Å². The van der Waals surface area contributed by atoms with Gasteiger partial charge in [0.05, 0.1) is 6.67 Å². The normalized spacial score (nSPS) is 11.2. The molecule has 0 unspecified atom stereocenters. The summed E-state index contributed by atoms with van der Waals surface area (Å²) in [5, 5.41) is 3.31. The molecule has 0 saturated heterocycles. The van der Waals surface area contributed by atoms with Gasteiger partial charge in [-0.1, -0.05) is 54.1 Å². The Morgan fingerprint density at radius 2 is 1.79 bits per heavy atom. The van der Waals surface area contributed by atoms with Gasteiger partial charge in [-0.2, -0.15) is 4.98 Å². The van der Waals surface area contributed by atoms with E-state index in [9.17, 15) is 0 Å². The summed E-state index contributed by atoms with van der Waals surface area (Å²) >= 11 is 5.40. The second-order valence-electron chi connectivity index (χ2n) is 6.23. The quantitative estimate of drug-likeness (QED) is 0.704. The van der Waals surface area contributed by atoms with Crippen molar-refractivity contribution in [2.45, 2.75) is 27.1 Å². The summed E-state index contributed by atoms with van der Waals surface area (Å²) in [4.78, 5) is 6.70. The maximum absolute atomic E-state index is 5.40. The molecule has 0 fully saturated rings. The fourth-order valence-corrected chi connectivity index (χ4v) is 2.86. The first-order chi connectivity index (χ1) is 11.5. The van der Waals surface area contributed by atoms with Crippen molar-refractivity contribution in [3.05, 3.63) is 70.0 Å². The van der Waals surface area contributed by atoms with E-state index in [2.05, 4.69) is 84.4 Å². The molecule has 0 amide bonds. The molecule has 0 radical (unpaired) electrons. The van der Waals surface area contributed by atoms with Crippen LogP contribution in [0.5, 0.6) is 0 Å². The minimum absolute atomic E-state index is 0.571. The minimum Gasteiger partial charge on any atom is -0.283 e. The van der Waals surface area contributed by atoms with Gasteiger partial charge in [-0.3, -0.25) is 10.00 Å². The van der Waals surface area contributed by atoms with Crippen molar-refractivity contribution in [2.24, 2.45) is 0 Å². The molecular weight excluding hydrogens is 316 g/mol. The first kappa shape index (κ1) is 16.6. The lowest BCUT2D eigenvalue weighted by atomic mass is 10.1. The lowest BCUT2D eigenvalue weighted by Crippen LogP contribution is -2.22. The van der Waals surface area contributed by atoms with Gasteiger partial charge in [0.15, 0.2) is 5.82 Å². The van der Waals surface area contributed by atoms with E-state index in [1.165, 1.54) is 16.7 Å². The van der Waals surface area contributed by atoms with E-state index >= 15 is 0 Å². The molecule has 0 aliphatic heterocycles. The molecule has 0 saturated carbocycles. The Balaban J connectivity index is 1.75. The van der Waals surface area contributed by atoms with Crippen LogP contribution in [-0.2, 0) is 13.2 Å². The highest BCUT2D eigenvalue weighted by Gasteiger charge is 2.08. The number of rotatable bonds is 5. The maximum atomic E-state index is 5.40. The van der Waals surface area contributed by atoms with Crippen LogP contribution in [-0.4, -0.2) is 26.7 Å². The molecule has 0 bridgehead atoms. The summed E-state index contributed by atoms with van der Waals surface area (Å²) in [5.74, 6) is 0.810. The molecule has 124 valence electrons. The molecular formula is C19H22N4S. The number of hydrogen-bond donors (Lipinski definition) is 1. The van der Waals surface area contributed by atoms with Gasteiger partial charge in [0.1, 0.15) is 0 Å². The van der Waals surface area contributed by atoms with Crippen molar-refractivity contribution < 1.29 is 0 Å². The van der Waals surface area contributed by atoms with Gasteiger partial charge in [0.2, 0.25) is 4.77 Å². The average molecular weight is 338 g/mol. The number of aryl methyl sites for hydroxylation is 2. The van der Waals surface area contributed by atoms with Crippen LogP contribution in [0.4, 0.5) is 0 Å². The number of nitrogens with one attached hydrogen (secondary N) is 1. The molecule has 0 aliphatic rings. The van der Waals surface area contributed by atoms with Crippen molar-refractivity contribution in [1.82, 2.24) is 19.7 Å². The van der Waals surface area contributed by atoms with E-state index in [1.807, 2.05) is 4.68 Å². The molecule has 0 atom stereocenters. The highest BCUT2D eigenvalue weighted by atomic mass is 32.1. The molecule has 1 N–H and O–H groups in total. The third-order valence-electron chi connectivity index (χ3n) is 4.09. The van der Waals surface area contributed by atoms with E-state index in [1.54, 1.807) is 0 Å². The van der Waals surface area contributed by atoms with E-state index < -0.39 is 0 Å². The highest BCUT2D eigenvalue weighted by molar-refractivity contribution is 7.71. The SMILES string of the molecule is Cc1ccc(-c2nc(=S)n(CN(C)Cc3ccccc3C)[nH]2)cc1. The van der Waals surface area contributed by atoms with Crippen LogP contribution in [0.25, 0.3) is 11.4 Å². The average Bonchev–Trinajstić information content (AvgIpc) is 2.91. The van der Waals surface area contributed by atoms with Crippen LogP contribution in [0.2, 0.25) is 0 Å². The lowest BCUT2D eigenvalue weighted by molar-refractivity contribution is 0.244. The predicted molar refractivity (Wildman–Crippen MR) is 100 cm³/mol. The Bertz CT molecular complexity index is 877. The van der Waals surface area contributed by atoms with Gasteiger partial charge < -0.3 is 0 Å². The number of H-pyrrole nitrogens is 1. The van der Waals surface area contributed by atoms with Crippen molar-refractivity contribution in [1.29, 1.82) is 0 Å². The van der Waals surface area contributed by atoms with Crippen molar-refractivity contribution >= 4 is 12.2 Å². The molecule has 3 rings (SSSR count). The van der Waals surface area contributed by atoms with E-state index in [0.29, 0.717) is 11.4 Å². The van der Waals surface area contributed by atoms with Crippen molar-refractivity contribution in [3.8, 4) is 11.4 Å². The monoisotopic (exact) mass is 338 g/mol. The van der Waals surface area contributed by atoms with Crippen LogP contribution in [0.1, 0.15) is 16.7 Å². The molecule has 3 aromatic rings. The second kappa shape index (κ2) is 7.11. The molecule has 5 heteroatoms. The largest absolute Gasteiger partial charge is 0.283 e. The summed E-state index contributed by atoms with van der Waals surface area (Å²) in [7, 11) is 2.08. The zero-order valence-corrected chi connectivity index (χ0v) is 15.1. The van der Waals surface area contributed by atoms with Gasteiger partial charge in [-0.25, -0.2) is 4.68 Å². The fraction of sp³-hybridized carbons (Fsp3) is 0.263. The van der Waals surface area contributed by atoms with Gasteiger partial charge in [0, 0.05) is 12.1 Å². The van der Waals surface area contributed by atoms with Gasteiger partial charge >= 0.3 is 0 Å². The van der Waals surface area contributed by atoms with Crippen molar-refractivity contribution in [3.63, 3.8) is 0 Å². The fourth-order valence-electron chi connectivity index (χ4n) is 2.66. The first-order valence-corrected chi connectivity index (χ1v) is 8.40. The topological polar surface area (TPSA) is 36.9 Å². The lowest BCUT2D eigenvalue weighted by Gasteiger charge is -2.18. The molecule has 24 heavy (non-hydrogen) atoms. The highest BCUT2D eigenvalue weighted by Crippen LogP contribution is 2.16. The third-order valence-corrected chi connectivity index (χ3v) is 4.40. The summed E-state index contributed by atoms with van der Waals surface area (Å²) in [6.07, 6.45) is 0. The first-order valence-electron chi connectivity index (χ1n) is 8.00. The van der Waals surface area contributed by atoms with Gasteiger partial charge in [-0.15, -0.1) is 0 Å².